The molecular weight excluding hydrogens is 270 g/mol. The van der Waals surface area contributed by atoms with Crippen LogP contribution in [0.25, 0.3) is 0 Å². The number of carbonyl (C=O) groups is 2. The van der Waals surface area contributed by atoms with E-state index in [0.29, 0.717) is 12.4 Å². The van der Waals surface area contributed by atoms with Gasteiger partial charge < -0.3 is 10.2 Å². The zero-order chi connectivity index (χ0) is 16.0. The molecule has 0 unspecified atom stereocenters. The van der Waals surface area contributed by atoms with E-state index in [4.69, 9.17) is 5.26 Å². The van der Waals surface area contributed by atoms with Crippen LogP contribution in [-0.4, -0.2) is 39.6 Å². The second-order valence-electron chi connectivity index (χ2n) is 5.08. The Bertz CT molecular complexity index is 544. The van der Waals surface area contributed by atoms with Crippen LogP contribution >= 0.6 is 0 Å². The normalized spacial score (nSPS) is 11.8. The van der Waals surface area contributed by atoms with Crippen molar-refractivity contribution in [2.24, 2.45) is 5.92 Å². The summed E-state index contributed by atoms with van der Waals surface area (Å²) >= 11 is 0. The highest BCUT2D eigenvalue weighted by atomic mass is 16.2. The second-order valence-corrected chi connectivity index (χ2v) is 5.08. The predicted octanol–water partition coefficient (Wildman–Crippen LogP) is 1.41. The van der Waals surface area contributed by atoms with Gasteiger partial charge in [-0.25, -0.2) is 4.68 Å². The number of amides is 2. The van der Waals surface area contributed by atoms with Crippen molar-refractivity contribution < 1.29 is 9.59 Å². The van der Waals surface area contributed by atoms with Crippen LogP contribution in [0.15, 0.2) is 12.3 Å². The molecule has 21 heavy (non-hydrogen) atoms. The van der Waals surface area contributed by atoms with Gasteiger partial charge in [-0.1, -0.05) is 0 Å². The van der Waals surface area contributed by atoms with Gasteiger partial charge in [0.15, 0.2) is 0 Å². The highest BCUT2D eigenvalue weighted by molar-refractivity contribution is 6.39. The van der Waals surface area contributed by atoms with Crippen molar-refractivity contribution in [1.29, 1.82) is 5.26 Å². The lowest BCUT2D eigenvalue weighted by Crippen LogP contribution is -2.42. The molecule has 7 nitrogen and oxygen atoms in total. The molecular formula is C14H21N5O2. The number of rotatable bonds is 5. The van der Waals surface area contributed by atoms with Gasteiger partial charge >= 0.3 is 11.8 Å². The van der Waals surface area contributed by atoms with Crippen LogP contribution in [0.5, 0.6) is 0 Å². The van der Waals surface area contributed by atoms with E-state index in [1.807, 2.05) is 13.8 Å². The summed E-state index contributed by atoms with van der Waals surface area (Å²) in [5.74, 6) is -1.20. The van der Waals surface area contributed by atoms with Gasteiger partial charge in [0, 0.05) is 25.2 Å². The van der Waals surface area contributed by atoms with Gasteiger partial charge in [-0.2, -0.15) is 10.4 Å². The van der Waals surface area contributed by atoms with Crippen LogP contribution in [0.2, 0.25) is 0 Å². The maximum Gasteiger partial charge on any atom is 0.315 e. The number of nitrogens with zero attached hydrogens (tertiary/aromatic N) is 4. The smallest absolute Gasteiger partial charge is 0.315 e. The zero-order valence-corrected chi connectivity index (χ0v) is 12.8. The molecule has 0 spiro atoms. The number of anilines is 1. The molecule has 1 aromatic rings. The maximum absolute atomic E-state index is 12.1. The SMILES string of the molecule is CCN(C[C@H](C)C#N)C(=O)C(=O)Nc1ccnn1C(C)C. The number of hydrogen-bond acceptors (Lipinski definition) is 4. The molecule has 0 bridgehead atoms. The van der Waals surface area contributed by atoms with E-state index < -0.39 is 11.8 Å². The average molecular weight is 291 g/mol. The van der Waals surface area contributed by atoms with Crippen molar-refractivity contribution in [1.82, 2.24) is 14.7 Å². The first-order valence-electron chi connectivity index (χ1n) is 6.94. The topological polar surface area (TPSA) is 91.0 Å². The molecule has 1 atom stereocenters. The van der Waals surface area contributed by atoms with Gasteiger partial charge in [-0.15, -0.1) is 0 Å². The van der Waals surface area contributed by atoms with Gasteiger partial charge in [-0.05, 0) is 27.7 Å². The third-order valence-electron chi connectivity index (χ3n) is 2.98. The third-order valence-corrected chi connectivity index (χ3v) is 2.98. The monoisotopic (exact) mass is 291 g/mol. The van der Waals surface area contributed by atoms with E-state index in [9.17, 15) is 9.59 Å². The van der Waals surface area contributed by atoms with E-state index in [-0.39, 0.29) is 18.5 Å². The molecule has 1 heterocycles. The van der Waals surface area contributed by atoms with Gasteiger partial charge in [0.05, 0.1) is 18.2 Å². The second kappa shape index (κ2) is 7.43. The van der Waals surface area contributed by atoms with Crippen molar-refractivity contribution in [3.63, 3.8) is 0 Å². The minimum Gasteiger partial charge on any atom is -0.333 e. The van der Waals surface area contributed by atoms with E-state index in [1.165, 1.54) is 4.90 Å². The van der Waals surface area contributed by atoms with E-state index in [2.05, 4.69) is 16.5 Å². The minimum atomic E-state index is -0.718. The number of nitriles is 1. The summed E-state index contributed by atoms with van der Waals surface area (Å²) in [5, 5.41) is 15.5. The molecule has 1 aromatic heterocycles. The fraction of sp³-hybridized carbons (Fsp3) is 0.571. The number of likely N-dealkylation sites (N-methyl/N-ethyl adjacent to an activating group) is 1. The van der Waals surface area contributed by atoms with Crippen LogP contribution in [0.3, 0.4) is 0 Å². The maximum atomic E-state index is 12.1. The molecule has 2 amide bonds. The molecule has 0 saturated carbocycles. The molecule has 0 saturated heterocycles. The Balaban J connectivity index is 2.76. The van der Waals surface area contributed by atoms with Gasteiger partial charge in [0.25, 0.3) is 0 Å². The van der Waals surface area contributed by atoms with Crippen molar-refractivity contribution >= 4 is 17.6 Å². The van der Waals surface area contributed by atoms with Crippen molar-refractivity contribution in [2.45, 2.75) is 33.7 Å². The van der Waals surface area contributed by atoms with E-state index in [0.717, 1.165) is 0 Å². The van der Waals surface area contributed by atoms with Crippen LogP contribution in [-0.2, 0) is 9.59 Å². The molecule has 0 fully saturated rings. The molecule has 114 valence electrons. The fourth-order valence-electron chi connectivity index (χ4n) is 1.87. The molecule has 0 aliphatic carbocycles. The molecule has 1 rings (SSSR count). The summed E-state index contributed by atoms with van der Waals surface area (Å²) in [5.41, 5.74) is 0. The minimum absolute atomic E-state index is 0.0753. The average Bonchev–Trinajstić information content (AvgIpc) is 2.91. The zero-order valence-electron chi connectivity index (χ0n) is 12.8. The Kier molecular flexibility index (Phi) is 5.91. The lowest BCUT2D eigenvalue weighted by molar-refractivity contribution is -0.143. The van der Waals surface area contributed by atoms with E-state index >= 15 is 0 Å². The largest absolute Gasteiger partial charge is 0.333 e. The first kappa shape index (κ1) is 16.7. The summed E-state index contributed by atoms with van der Waals surface area (Å²) in [7, 11) is 0. The lowest BCUT2D eigenvalue weighted by Gasteiger charge is -2.21. The summed E-state index contributed by atoms with van der Waals surface area (Å²) in [4.78, 5) is 25.5. The fourth-order valence-corrected chi connectivity index (χ4v) is 1.87. The number of aromatic nitrogens is 2. The Hall–Kier alpha value is -2.36. The van der Waals surface area contributed by atoms with Crippen LogP contribution in [0.1, 0.15) is 33.7 Å². The van der Waals surface area contributed by atoms with Crippen molar-refractivity contribution in [2.75, 3.05) is 18.4 Å². The van der Waals surface area contributed by atoms with Crippen molar-refractivity contribution in [3.8, 4) is 6.07 Å². The quantitative estimate of drug-likeness (QED) is 0.830. The molecule has 0 aromatic carbocycles. The summed E-state index contributed by atoms with van der Waals surface area (Å²) < 4.78 is 1.62. The Labute approximate surface area is 124 Å². The number of carbonyl (C=O) groups excluding carboxylic acids is 2. The summed E-state index contributed by atoms with van der Waals surface area (Å²) in [6.07, 6.45) is 1.56. The van der Waals surface area contributed by atoms with E-state index in [1.54, 1.807) is 30.8 Å². The molecule has 0 aliphatic heterocycles. The molecule has 7 heteroatoms. The number of hydrogen-bond donors (Lipinski definition) is 1. The standard InChI is InChI=1S/C14H21N5O2/c1-5-18(9-11(4)8-15)14(21)13(20)17-12-6-7-16-19(12)10(2)3/h6-7,10-11H,5,9H2,1-4H3,(H,17,20)/t11-/m1/s1. The predicted molar refractivity (Wildman–Crippen MR) is 78.3 cm³/mol. The first-order valence-corrected chi connectivity index (χ1v) is 6.94. The Morgan fingerprint density at radius 1 is 1.48 bits per heavy atom. The highest BCUT2D eigenvalue weighted by Crippen LogP contribution is 2.13. The molecule has 1 N–H and O–H groups in total. The van der Waals surface area contributed by atoms with Gasteiger partial charge in [0.1, 0.15) is 5.82 Å². The Morgan fingerprint density at radius 3 is 2.67 bits per heavy atom. The van der Waals surface area contributed by atoms with Crippen LogP contribution in [0.4, 0.5) is 5.82 Å². The molecule has 0 radical (unpaired) electrons. The number of nitrogens with one attached hydrogen (secondary N) is 1. The van der Waals surface area contributed by atoms with Gasteiger partial charge in [0.2, 0.25) is 0 Å². The van der Waals surface area contributed by atoms with Crippen LogP contribution in [0, 0.1) is 17.2 Å². The first-order chi connectivity index (χ1) is 9.90. The van der Waals surface area contributed by atoms with Crippen LogP contribution < -0.4 is 5.32 Å². The highest BCUT2D eigenvalue weighted by Gasteiger charge is 2.23. The third kappa shape index (κ3) is 4.31. The summed E-state index contributed by atoms with van der Waals surface area (Å²) in [6.45, 7) is 7.95. The van der Waals surface area contributed by atoms with Crippen molar-refractivity contribution in [3.05, 3.63) is 12.3 Å². The Morgan fingerprint density at radius 2 is 2.14 bits per heavy atom. The lowest BCUT2D eigenvalue weighted by atomic mass is 10.2. The van der Waals surface area contributed by atoms with Gasteiger partial charge in [-0.3, -0.25) is 9.59 Å². The molecule has 0 aliphatic rings. The summed E-state index contributed by atoms with van der Waals surface area (Å²) in [6, 6.07) is 3.77.